The molecule has 0 spiro atoms. The fourth-order valence-corrected chi connectivity index (χ4v) is 10.3. The number of carbonyl (C=O) groups excluding carboxylic acids is 3. The molecule has 0 aliphatic carbocycles. The second-order valence-electron chi connectivity index (χ2n) is 20.4. The molecular formula is C45H75N3O34. The number of hydrogen-bond donors (Lipinski definition) is 22. The number of carbonyl (C=O) groups is 4. The molecule has 0 aromatic rings. The van der Waals surface area contributed by atoms with E-state index in [1.807, 2.05) is 0 Å². The topological polar surface area (TPSA) is 590 Å². The number of aliphatic carboxylic acids is 1. The third-order valence-electron chi connectivity index (χ3n) is 14.6. The van der Waals surface area contributed by atoms with Crippen molar-refractivity contribution in [2.45, 2.75) is 217 Å². The number of nitrogens with one attached hydrogen (secondary N) is 3. The van der Waals surface area contributed by atoms with Crippen molar-refractivity contribution in [2.75, 3.05) is 39.6 Å². The number of rotatable bonds is 22. The summed E-state index contributed by atoms with van der Waals surface area (Å²) in [4.78, 5) is 50.0. The summed E-state index contributed by atoms with van der Waals surface area (Å²) < 4.78 is 63.0. The standard InChI is InChI=1S/C45H75N3O34/c1-11(54)46-21-14(57)4-45(44(70)71,81-36(21)24(59)15(58)5-49)82-38-26(61)17(7-51)75-43(33(38)68)78-34-19(9-53)76-40(23(29(34)64)48-13(3)56)72-10-20-27(62)37(80-41-22(47-12(2)55)28(63)25(60)16(6-50)74-41)32(67)42(77-20)79-35-18(8-52)73-39(69)31(66)30(35)65/h14-43,49-53,57-69H,4-10H2,1-3H3,(H,46,54)(H,47,55)(H,48,56)(H,70,71)/t14-,15+,16+,17+,18+,19+,20+,21+,22+,23+,24+,25+,26-,27-,28+,29+,30+,31+,32+,33+,34+,35+,36+,37-,38-,39?,40+,41-,42-,43-,45-/m0/s1. The summed E-state index contributed by atoms with van der Waals surface area (Å²) >= 11 is 0. The van der Waals surface area contributed by atoms with Crippen molar-refractivity contribution in [3.8, 4) is 0 Å². The van der Waals surface area contributed by atoms with Crippen molar-refractivity contribution >= 4 is 23.7 Å². The Kier molecular flexibility index (Phi) is 23.9. The van der Waals surface area contributed by atoms with Crippen LogP contribution in [0.15, 0.2) is 0 Å². The first-order chi connectivity index (χ1) is 38.6. The first-order valence-corrected chi connectivity index (χ1v) is 25.7. The Hall–Kier alpha value is -3.28. The average Bonchev–Trinajstić information content (AvgIpc) is 2.56. The van der Waals surface area contributed by atoms with Gasteiger partial charge in [0.2, 0.25) is 17.7 Å². The molecule has 3 amide bonds. The van der Waals surface area contributed by atoms with Crippen molar-refractivity contribution in [3.63, 3.8) is 0 Å². The number of carboxylic acid groups (broad SMARTS) is 1. The van der Waals surface area contributed by atoms with Gasteiger partial charge >= 0.3 is 5.97 Å². The molecule has 6 rings (SSSR count). The first-order valence-electron chi connectivity index (χ1n) is 25.7. The van der Waals surface area contributed by atoms with Crippen LogP contribution in [0.25, 0.3) is 0 Å². The maximum absolute atomic E-state index is 13.0. The predicted octanol–water partition coefficient (Wildman–Crippen LogP) is -14.5. The van der Waals surface area contributed by atoms with Gasteiger partial charge in [-0.3, -0.25) is 14.4 Å². The number of ether oxygens (including phenoxy) is 11. The maximum Gasteiger partial charge on any atom is 0.364 e. The number of amides is 3. The summed E-state index contributed by atoms with van der Waals surface area (Å²) in [6, 6.07) is -5.17. The molecule has 1 unspecified atom stereocenters. The molecule has 0 saturated carbocycles. The molecule has 0 aromatic carbocycles. The van der Waals surface area contributed by atoms with Crippen molar-refractivity contribution in [2.24, 2.45) is 0 Å². The zero-order valence-electron chi connectivity index (χ0n) is 43.9. The SMILES string of the molecule is CC(=O)N[C@H]1[C@H](OC[C@H]2O[C@@H](O[C@H]3[C@H](O)[C@@H](O)C(O)O[C@@H]3CO)[C@H](O)[C@@H](O[C@@H]3O[C@H](CO)[C@@H](O)[C@H](O)[C@H]3NC(C)=O)[C@H]2O)O[C@H](CO)[C@@H](O[C@@H]2O[C@H](CO)[C@H](O)[C@H](O[C@]3(C(=O)O)C[C@H](O)[C@@H](NC(C)=O)[C@H]([C@H](O)[C@H](O)CO)O3)[C@H]2O)[C@@H]1O. The van der Waals surface area contributed by atoms with Crippen LogP contribution >= 0.6 is 0 Å². The van der Waals surface area contributed by atoms with Crippen LogP contribution < -0.4 is 16.0 Å². The Labute approximate surface area is 463 Å². The Bertz CT molecular complexity index is 2090. The third-order valence-corrected chi connectivity index (χ3v) is 14.6. The number of aliphatic hydroxyl groups is 18. The van der Waals surface area contributed by atoms with E-state index in [1.165, 1.54) is 0 Å². The van der Waals surface area contributed by atoms with Gasteiger partial charge in [0, 0.05) is 27.2 Å². The van der Waals surface area contributed by atoms with Crippen molar-refractivity contribution in [1.82, 2.24) is 16.0 Å². The Balaban J connectivity index is 1.26. The largest absolute Gasteiger partial charge is 0.477 e. The normalized spacial score (nSPS) is 46.3. The molecule has 474 valence electrons. The lowest BCUT2D eigenvalue weighted by atomic mass is 9.88. The van der Waals surface area contributed by atoms with E-state index < -0.39 is 259 Å². The molecule has 0 aromatic heterocycles. The van der Waals surface area contributed by atoms with Crippen molar-refractivity contribution in [1.29, 1.82) is 0 Å². The van der Waals surface area contributed by atoms with Crippen molar-refractivity contribution < 1.29 is 168 Å². The monoisotopic (exact) mass is 1200 g/mol. The number of carboxylic acids is 1. The lowest BCUT2D eigenvalue weighted by Gasteiger charge is -2.51. The van der Waals surface area contributed by atoms with Crippen LogP contribution in [-0.4, -0.2) is 350 Å². The summed E-state index contributed by atoms with van der Waals surface area (Å²) in [5, 5.41) is 212. The van der Waals surface area contributed by atoms with Gasteiger partial charge in [0.25, 0.3) is 5.79 Å². The van der Waals surface area contributed by atoms with Gasteiger partial charge in [-0.25, -0.2) is 4.79 Å². The molecule has 37 nitrogen and oxygen atoms in total. The van der Waals surface area contributed by atoms with Gasteiger partial charge in [0.15, 0.2) is 31.5 Å². The van der Waals surface area contributed by atoms with E-state index in [0.717, 1.165) is 20.8 Å². The molecule has 6 saturated heterocycles. The van der Waals surface area contributed by atoms with Crippen LogP contribution in [0.3, 0.4) is 0 Å². The Morgan fingerprint density at radius 1 is 0.500 bits per heavy atom. The molecule has 6 aliphatic heterocycles. The highest BCUT2D eigenvalue weighted by molar-refractivity contribution is 5.77. The predicted molar refractivity (Wildman–Crippen MR) is 251 cm³/mol. The molecule has 31 atom stereocenters. The minimum atomic E-state index is -3.20. The zero-order valence-corrected chi connectivity index (χ0v) is 43.9. The van der Waals surface area contributed by atoms with Gasteiger partial charge < -0.3 is 165 Å². The highest BCUT2D eigenvalue weighted by Gasteiger charge is 2.61. The average molecular weight is 1200 g/mol. The van der Waals surface area contributed by atoms with E-state index in [1.54, 1.807) is 0 Å². The Morgan fingerprint density at radius 2 is 0.951 bits per heavy atom. The highest BCUT2D eigenvalue weighted by atomic mass is 16.8. The van der Waals surface area contributed by atoms with Crippen LogP contribution in [0.4, 0.5) is 0 Å². The molecule has 37 heteroatoms. The van der Waals surface area contributed by atoms with Gasteiger partial charge in [-0.15, -0.1) is 0 Å². The lowest BCUT2D eigenvalue weighted by Crippen LogP contribution is -2.71. The number of hydrogen-bond acceptors (Lipinski definition) is 33. The van der Waals surface area contributed by atoms with Crippen LogP contribution in [0.1, 0.15) is 27.2 Å². The summed E-state index contributed by atoms with van der Waals surface area (Å²) in [7, 11) is 0. The van der Waals surface area contributed by atoms with Gasteiger partial charge in [-0.05, 0) is 0 Å². The second-order valence-corrected chi connectivity index (χ2v) is 20.4. The fourth-order valence-electron chi connectivity index (χ4n) is 10.3. The molecular weight excluding hydrogens is 1130 g/mol. The molecule has 22 N–H and O–H groups in total. The van der Waals surface area contributed by atoms with E-state index in [2.05, 4.69) is 16.0 Å². The van der Waals surface area contributed by atoms with Crippen LogP contribution in [-0.2, 0) is 71.3 Å². The Morgan fingerprint density at radius 3 is 1.49 bits per heavy atom. The summed E-state index contributed by atoms with van der Waals surface area (Å²) in [5.74, 6) is -7.82. The molecule has 0 bridgehead atoms. The molecule has 6 fully saturated rings. The third kappa shape index (κ3) is 14.7. The van der Waals surface area contributed by atoms with Gasteiger partial charge in [-0.2, -0.15) is 0 Å². The van der Waals surface area contributed by atoms with E-state index in [4.69, 9.17) is 52.1 Å². The van der Waals surface area contributed by atoms with Crippen molar-refractivity contribution in [3.05, 3.63) is 0 Å². The minimum absolute atomic E-state index is 0.807. The van der Waals surface area contributed by atoms with Gasteiger partial charge in [0.1, 0.15) is 140 Å². The summed E-state index contributed by atoms with van der Waals surface area (Å²) in [5.41, 5.74) is 0. The van der Waals surface area contributed by atoms with Crippen LogP contribution in [0.2, 0.25) is 0 Å². The maximum atomic E-state index is 13.0. The smallest absolute Gasteiger partial charge is 0.364 e. The number of aliphatic hydroxyl groups excluding tert-OH is 18. The van der Waals surface area contributed by atoms with Crippen LogP contribution in [0, 0.1) is 0 Å². The summed E-state index contributed by atoms with van der Waals surface area (Å²) in [6.45, 7) is -3.33. The lowest BCUT2D eigenvalue weighted by molar-refractivity contribution is -0.386. The first kappa shape index (κ1) is 67.8. The highest BCUT2D eigenvalue weighted by Crippen LogP contribution is 2.39. The molecule has 6 aliphatic rings. The minimum Gasteiger partial charge on any atom is -0.477 e. The quantitative estimate of drug-likeness (QED) is 0.0479. The van der Waals surface area contributed by atoms with E-state index >= 15 is 0 Å². The zero-order chi connectivity index (χ0) is 61.0. The summed E-state index contributed by atoms with van der Waals surface area (Å²) in [6.07, 6.45) is -55.9. The molecule has 0 radical (unpaired) electrons. The van der Waals surface area contributed by atoms with Gasteiger partial charge in [-0.1, -0.05) is 0 Å². The fraction of sp³-hybridized carbons (Fsp3) is 0.911. The van der Waals surface area contributed by atoms with Crippen LogP contribution in [0.5, 0.6) is 0 Å². The van der Waals surface area contributed by atoms with E-state index in [0.29, 0.717) is 0 Å². The van der Waals surface area contributed by atoms with E-state index in [9.17, 15) is 116 Å². The van der Waals surface area contributed by atoms with E-state index in [-0.39, 0.29) is 0 Å². The van der Waals surface area contributed by atoms with Gasteiger partial charge in [0.05, 0.1) is 51.8 Å². The molecule has 6 heterocycles. The molecule has 82 heavy (non-hydrogen) atoms. The second kappa shape index (κ2) is 28.9.